The molecule has 0 aliphatic carbocycles. The summed E-state index contributed by atoms with van der Waals surface area (Å²) in [4.78, 5) is 0. The summed E-state index contributed by atoms with van der Waals surface area (Å²) in [7, 11) is 0. The van der Waals surface area contributed by atoms with Crippen LogP contribution in [0, 0.1) is 0 Å². The van der Waals surface area contributed by atoms with Crippen molar-refractivity contribution in [2.45, 2.75) is 32.3 Å². The number of aliphatic hydroxyl groups is 1. The number of benzene rings is 1. The first-order valence-electron chi connectivity index (χ1n) is 4.65. The quantitative estimate of drug-likeness (QED) is 0.850. The fourth-order valence-corrected chi connectivity index (χ4v) is 1.56. The van der Waals surface area contributed by atoms with Crippen molar-refractivity contribution >= 4 is 11.6 Å². The van der Waals surface area contributed by atoms with Crippen LogP contribution < -0.4 is 0 Å². The topological polar surface area (TPSA) is 20.2 Å². The molecule has 4 heteroatoms. The van der Waals surface area contributed by atoms with Gasteiger partial charge in [-0.25, -0.2) is 8.78 Å². The molecule has 0 aliphatic rings. The molecule has 1 unspecified atom stereocenters. The third-order valence-electron chi connectivity index (χ3n) is 2.08. The summed E-state index contributed by atoms with van der Waals surface area (Å²) < 4.78 is 25.8. The molecule has 0 saturated carbocycles. The maximum atomic E-state index is 12.9. The van der Waals surface area contributed by atoms with Crippen LogP contribution in [0.5, 0.6) is 0 Å². The van der Waals surface area contributed by atoms with E-state index in [1.165, 1.54) is 18.2 Å². The second kappa shape index (κ2) is 4.45. The van der Waals surface area contributed by atoms with E-state index in [0.29, 0.717) is 12.0 Å². The van der Waals surface area contributed by atoms with Gasteiger partial charge < -0.3 is 5.11 Å². The fraction of sp³-hybridized carbons (Fsp3) is 0.455. The summed E-state index contributed by atoms with van der Waals surface area (Å²) in [6.45, 7) is 2.45. The van der Waals surface area contributed by atoms with Crippen molar-refractivity contribution in [3.63, 3.8) is 0 Å². The van der Waals surface area contributed by atoms with Gasteiger partial charge in [0.2, 0.25) is 0 Å². The molecule has 1 rings (SSSR count). The lowest BCUT2D eigenvalue weighted by Gasteiger charge is -2.13. The van der Waals surface area contributed by atoms with E-state index in [-0.39, 0.29) is 10.6 Å². The molecular formula is C11H13ClF2O. The highest BCUT2D eigenvalue weighted by Gasteiger charge is 2.24. The normalized spacial score (nSPS) is 14.0. The van der Waals surface area contributed by atoms with Gasteiger partial charge in [-0.05, 0) is 25.0 Å². The lowest BCUT2D eigenvalue weighted by Crippen LogP contribution is -2.09. The van der Waals surface area contributed by atoms with Crippen molar-refractivity contribution in [2.75, 3.05) is 0 Å². The standard InChI is InChI=1S/C11H13ClF2O/c1-7(15)5-8-3-4-9(6-10(8)12)11(2,13)14/h3-4,6-7,15H,5H2,1-2H3. The number of aliphatic hydroxyl groups excluding tert-OH is 1. The number of hydrogen-bond donors (Lipinski definition) is 1. The van der Waals surface area contributed by atoms with Gasteiger partial charge in [0.25, 0.3) is 5.92 Å². The second-order valence-corrected chi connectivity index (χ2v) is 4.15. The molecule has 0 spiro atoms. The lowest BCUT2D eigenvalue weighted by molar-refractivity contribution is 0.0174. The average molecular weight is 235 g/mol. The Balaban J connectivity index is 2.98. The minimum absolute atomic E-state index is 0.109. The Morgan fingerprint density at radius 2 is 2.07 bits per heavy atom. The van der Waals surface area contributed by atoms with Crippen LogP contribution in [0.2, 0.25) is 5.02 Å². The van der Waals surface area contributed by atoms with Gasteiger partial charge in [-0.2, -0.15) is 0 Å². The molecule has 84 valence electrons. The highest BCUT2D eigenvalue weighted by Crippen LogP contribution is 2.30. The SMILES string of the molecule is CC(O)Cc1ccc(C(C)(F)F)cc1Cl. The van der Waals surface area contributed by atoms with Crippen LogP contribution in [0.25, 0.3) is 0 Å². The van der Waals surface area contributed by atoms with E-state index in [1.807, 2.05) is 0 Å². The third kappa shape index (κ3) is 3.43. The Morgan fingerprint density at radius 1 is 1.47 bits per heavy atom. The van der Waals surface area contributed by atoms with E-state index in [9.17, 15) is 8.78 Å². The van der Waals surface area contributed by atoms with Gasteiger partial charge in [-0.15, -0.1) is 0 Å². The van der Waals surface area contributed by atoms with Crippen molar-refractivity contribution in [1.82, 2.24) is 0 Å². The smallest absolute Gasteiger partial charge is 0.270 e. The summed E-state index contributed by atoms with van der Waals surface area (Å²) in [6.07, 6.45) is -0.163. The van der Waals surface area contributed by atoms with Gasteiger partial charge in [0, 0.05) is 17.5 Å². The zero-order chi connectivity index (χ0) is 11.6. The average Bonchev–Trinajstić information content (AvgIpc) is 2.05. The monoisotopic (exact) mass is 234 g/mol. The highest BCUT2D eigenvalue weighted by atomic mass is 35.5. The summed E-state index contributed by atoms with van der Waals surface area (Å²) >= 11 is 5.84. The summed E-state index contributed by atoms with van der Waals surface area (Å²) in [6, 6.07) is 4.12. The molecule has 0 saturated heterocycles. The van der Waals surface area contributed by atoms with Crippen LogP contribution >= 0.6 is 11.6 Å². The maximum Gasteiger partial charge on any atom is 0.270 e. The van der Waals surface area contributed by atoms with E-state index < -0.39 is 12.0 Å². The number of rotatable bonds is 3. The fourth-order valence-electron chi connectivity index (χ4n) is 1.30. The van der Waals surface area contributed by atoms with Gasteiger partial charge in [-0.3, -0.25) is 0 Å². The van der Waals surface area contributed by atoms with Gasteiger partial charge >= 0.3 is 0 Å². The van der Waals surface area contributed by atoms with Gasteiger partial charge in [0.15, 0.2) is 0 Å². The van der Waals surface area contributed by atoms with E-state index in [0.717, 1.165) is 6.92 Å². The first-order valence-corrected chi connectivity index (χ1v) is 5.03. The molecule has 0 fully saturated rings. The molecule has 0 radical (unpaired) electrons. The number of halogens is 3. The molecule has 1 nitrogen and oxygen atoms in total. The number of hydrogen-bond acceptors (Lipinski definition) is 1. The first kappa shape index (κ1) is 12.4. The number of alkyl halides is 2. The van der Waals surface area contributed by atoms with Crippen LogP contribution in [-0.2, 0) is 12.3 Å². The van der Waals surface area contributed by atoms with Crippen LogP contribution in [0.3, 0.4) is 0 Å². The first-order chi connectivity index (χ1) is 6.80. The van der Waals surface area contributed by atoms with Crippen molar-refractivity contribution in [1.29, 1.82) is 0 Å². The zero-order valence-corrected chi connectivity index (χ0v) is 9.35. The van der Waals surface area contributed by atoms with Crippen LogP contribution in [0.15, 0.2) is 18.2 Å². The molecule has 0 amide bonds. The minimum atomic E-state index is -2.88. The molecule has 15 heavy (non-hydrogen) atoms. The molecule has 1 N–H and O–H groups in total. The van der Waals surface area contributed by atoms with E-state index in [1.54, 1.807) is 6.92 Å². The molecular weight excluding hydrogens is 222 g/mol. The van der Waals surface area contributed by atoms with Crippen molar-refractivity contribution in [3.05, 3.63) is 34.3 Å². The summed E-state index contributed by atoms with van der Waals surface area (Å²) in [5.41, 5.74) is 0.571. The predicted octanol–water partition coefficient (Wildman–Crippen LogP) is 3.38. The van der Waals surface area contributed by atoms with E-state index in [2.05, 4.69) is 0 Å². The third-order valence-corrected chi connectivity index (χ3v) is 2.43. The zero-order valence-electron chi connectivity index (χ0n) is 8.60. The van der Waals surface area contributed by atoms with Gasteiger partial charge in [0.1, 0.15) is 0 Å². The molecule has 1 aromatic carbocycles. The Hall–Kier alpha value is -0.670. The minimum Gasteiger partial charge on any atom is -0.393 e. The predicted molar refractivity (Wildman–Crippen MR) is 56.4 cm³/mol. The molecule has 0 bridgehead atoms. The van der Waals surface area contributed by atoms with Crippen molar-refractivity contribution in [3.8, 4) is 0 Å². The van der Waals surface area contributed by atoms with Crippen molar-refractivity contribution < 1.29 is 13.9 Å². The summed E-state index contributed by atoms with van der Waals surface area (Å²) in [5, 5.41) is 9.43. The van der Waals surface area contributed by atoms with Crippen LogP contribution in [-0.4, -0.2) is 11.2 Å². The van der Waals surface area contributed by atoms with E-state index >= 15 is 0 Å². The molecule has 0 aromatic heterocycles. The largest absolute Gasteiger partial charge is 0.393 e. The van der Waals surface area contributed by atoms with Gasteiger partial charge in [0.05, 0.1) is 6.10 Å². The molecule has 1 atom stereocenters. The maximum absolute atomic E-state index is 12.9. The van der Waals surface area contributed by atoms with Gasteiger partial charge in [-0.1, -0.05) is 23.7 Å². The van der Waals surface area contributed by atoms with Crippen LogP contribution in [0.4, 0.5) is 8.78 Å². The Labute approximate surface area is 92.7 Å². The lowest BCUT2D eigenvalue weighted by atomic mass is 10.0. The Morgan fingerprint density at radius 3 is 2.47 bits per heavy atom. The van der Waals surface area contributed by atoms with E-state index in [4.69, 9.17) is 16.7 Å². The molecule has 0 heterocycles. The van der Waals surface area contributed by atoms with Crippen molar-refractivity contribution in [2.24, 2.45) is 0 Å². The molecule has 1 aromatic rings. The Bertz CT molecular complexity index is 345. The van der Waals surface area contributed by atoms with Crippen LogP contribution in [0.1, 0.15) is 25.0 Å². The highest BCUT2D eigenvalue weighted by molar-refractivity contribution is 6.31. The Kier molecular flexibility index (Phi) is 3.68. The molecule has 0 aliphatic heterocycles. The second-order valence-electron chi connectivity index (χ2n) is 3.75. The summed E-state index contributed by atoms with van der Waals surface area (Å²) in [5.74, 6) is -2.88.